The van der Waals surface area contributed by atoms with Crippen LogP contribution < -0.4 is 20.7 Å². The number of hydrogen-bond acceptors (Lipinski definition) is 7. The summed E-state index contributed by atoms with van der Waals surface area (Å²) in [6.45, 7) is 0. The third kappa shape index (κ3) is 4.22. The highest BCUT2D eigenvalue weighted by molar-refractivity contribution is 7.99. The maximum Gasteiger partial charge on any atom is 0.262 e. The summed E-state index contributed by atoms with van der Waals surface area (Å²) >= 11 is 1.34. The normalized spacial score (nSPS) is 13.7. The van der Waals surface area contributed by atoms with Crippen LogP contribution in [-0.4, -0.2) is 31.5 Å². The molecule has 11 heteroatoms. The molecule has 27 heavy (non-hydrogen) atoms. The van der Waals surface area contributed by atoms with Crippen LogP contribution in [0, 0.1) is 0 Å². The number of rotatable bonds is 6. The van der Waals surface area contributed by atoms with Crippen molar-refractivity contribution in [3.05, 3.63) is 42.5 Å². The third-order valence-electron chi connectivity index (χ3n) is 3.64. The van der Waals surface area contributed by atoms with E-state index in [1.165, 1.54) is 35.4 Å². The van der Waals surface area contributed by atoms with Gasteiger partial charge in [-0.25, -0.2) is 13.9 Å². The molecule has 9 nitrogen and oxygen atoms in total. The van der Waals surface area contributed by atoms with Crippen molar-refractivity contribution in [2.75, 3.05) is 0 Å². The summed E-state index contributed by atoms with van der Waals surface area (Å²) in [6.07, 6.45) is -0.609. The van der Waals surface area contributed by atoms with Gasteiger partial charge in [-0.3, -0.25) is 14.8 Å². The van der Waals surface area contributed by atoms with Gasteiger partial charge in [-0.05, 0) is 30.3 Å². The molecule has 2 amide bonds. The predicted octanol–water partition coefficient (Wildman–Crippen LogP) is 0.971. The first kappa shape index (κ1) is 19.2. The van der Waals surface area contributed by atoms with Gasteiger partial charge >= 0.3 is 0 Å². The van der Waals surface area contributed by atoms with Gasteiger partial charge in [0, 0.05) is 0 Å². The standard InChI is InChI=1S/C16H15N3O6S2/c17-15(20)8-10(16(21)18-22)19-27(23,24)9-5-6-12-14(7-9)26-13-4-2-1-3-11(13)25-12/h1-7,10,19,22H,8H2,(H2,17,20)(H,18,21)/t10-/m0/s1. The Morgan fingerprint density at radius 3 is 2.56 bits per heavy atom. The number of amides is 2. The Hall–Kier alpha value is -2.60. The van der Waals surface area contributed by atoms with Gasteiger partial charge in [-0.2, -0.15) is 4.72 Å². The Labute approximate surface area is 158 Å². The highest BCUT2D eigenvalue weighted by atomic mass is 32.2. The fourth-order valence-corrected chi connectivity index (χ4v) is 4.68. The third-order valence-corrected chi connectivity index (χ3v) is 6.21. The zero-order valence-electron chi connectivity index (χ0n) is 13.7. The second-order valence-electron chi connectivity index (χ2n) is 5.58. The van der Waals surface area contributed by atoms with E-state index in [0.29, 0.717) is 16.4 Å². The summed E-state index contributed by atoms with van der Waals surface area (Å²) < 4.78 is 33.0. The van der Waals surface area contributed by atoms with Crippen molar-refractivity contribution in [1.29, 1.82) is 0 Å². The second-order valence-corrected chi connectivity index (χ2v) is 8.38. The molecule has 1 heterocycles. The van der Waals surface area contributed by atoms with Crippen LogP contribution in [0.1, 0.15) is 6.42 Å². The van der Waals surface area contributed by atoms with Crippen molar-refractivity contribution >= 4 is 33.6 Å². The minimum atomic E-state index is -4.17. The van der Waals surface area contributed by atoms with E-state index in [9.17, 15) is 18.0 Å². The zero-order valence-corrected chi connectivity index (χ0v) is 15.3. The minimum absolute atomic E-state index is 0.128. The Morgan fingerprint density at radius 1 is 1.15 bits per heavy atom. The van der Waals surface area contributed by atoms with Crippen LogP contribution in [0.3, 0.4) is 0 Å². The van der Waals surface area contributed by atoms with Crippen molar-refractivity contribution in [2.45, 2.75) is 27.1 Å². The molecule has 0 saturated heterocycles. The Morgan fingerprint density at radius 2 is 1.85 bits per heavy atom. The molecule has 5 N–H and O–H groups in total. The fourth-order valence-electron chi connectivity index (χ4n) is 2.40. The molecule has 0 fully saturated rings. The molecule has 2 aromatic carbocycles. The zero-order chi connectivity index (χ0) is 19.6. The number of primary amides is 1. The molecule has 3 rings (SSSR count). The number of carbonyl (C=O) groups is 2. The number of benzene rings is 2. The lowest BCUT2D eigenvalue weighted by Gasteiger charge is -2.20. The monoisotopic (exact) mass is 409 g/mol. The Bertz CT molecular complexity index is 1010. The average Bonchev–Trinajstić information content (AvgIpc) is 2.64. The molecule has 1 aliphatic rings. The molecule has 142 valence electrons. The summed E-state index contributed by atoms with van der Waals surface area (Å²) in [7, 11) is -4.17. The van der Waals surface area contributed by atoms with E-state index in [1.54, 1.807) is 6.07 Å². The van der Waals surface area contributed by atoms with Crippen LogP contribution >= 0.6 is 11.8 Å². The lowest BCUT2D eigenvalue weighted by molar-refractivity contribution is -0.133. The van der Waals surface area contributed by atoms with Crippen molar-refractivity contribution in [3.63, 3.8) is 0 Å². The number of fused-ring (bicyclic) bond motifs is 2. The van der Waals surface area contributed by atoms with Crippen LogP contribution in [0.4, 0.5) is 0 Å². The van der Waals surface area contributed by atoms with Crippen molar-refractivity contribution in [1.82, 2.24) is 10.2 Å². The van der Waals surface area contributed by atoms with Crippen LogP contribution in [0.2, 0.25) is 0 Å². The van der Waals surface area contributed by atoms with E-state index in [1.807, 2.05) is 18.2 Å². The van der Waals surface area contributed by atoms with Crippen LogP contribution in [0.15, 0.2) is 57.2 Å². The molecule has 0 spiro atoms. The highest BCUT2D eigenvalue weighted by Gasteiger charge is 2.28. The van der Waals surface area contributed by atoms with Crippen molar-refractivity contribution in [3.8, 4) is 11.5 Å². The van der Waals surface area contributed by atoms with E-state index < -0.39 is 34.3 Å². The molecule has 0 unspecified atom stereocenters. The number of hydroxylamine groups is 1. The summed E-state index contributed by atoms with van der Waals surface area (Å²) in [5, 5.41) is 8.73. The van der Waals surface area contributed by atoms with E-state index >= 15 is 0 Å². The van der Waals surface area contributed by atoms with Gasteiger partial charge in [0.1, 0.15) is 17.5 Å². The maximum absolute atomic E-state index is 12.6. The van der Waals surface area contributed by atoms with Gasteiger partial charge in [0.2, 0.25) is 15.9 Å². The molecule has 2 aromatic rings. The van der Waals surface area contributed by atoms with E-state index in [-0.39, 0.29) is 4.90 Å². The number of hydrogen-bond donors (Lipinski definition) is 4. The van der Waals surface area contributed by atoms with Gasteiger partial charge in [0.15, 0.2) is 0 Å². The summed E-state index contributed by atoms with van der Waals surface area (Å²) in [6, 6.07) is 9.99. The first-order valence-electron chi connectivity index (χ1n) is 7.63. The molecule has 0 bridgehead atoms. The van der Waals surface area contributed by atoms with Crippen LogP contribution in [0.5, 0.6) is 11.5 Å². The van der Waals surface area contributed by atoms with Gasteiger partial charge in [-0.1, -0.05) is 23.9 Å². The van der Waals surface area contributed by atoms with Gasteiger partial charge in [0.05, 0.1) is 21.1 Å². The number of nitrogens with one attached hydrogen (secondary N) is 2. The Kier molecular flexibility index (Phi) is 5.37. The minimum Gasteiger partial charge on any atom is -0.455 e. The van der Waals surface area contributed by atoms with Crippen LogP contribution in [-0.2, 0) is 19.6 Å². The second kappa shape index (κ2) is 7.56. The molecular formula is C16H15N3O6S2. The van der Waals surface area contributed by atoms with E-state index in [4.69, 9.17) is 15.7 Å². The first-order valence-corrected chi connectivity index (χ1v) is 9.93. The smallest absolute Gasteiger partial charge is 0.262 e. The number of nitrogens with two attached hydrogens (primary N) is 1. The first-order chi connectivity index (χ1) is 12.8. The summed E-state index contributed by atoms with van der Waals surface area (Å²) in [5.41, 5.74) is 6.33. The fraction of sp³-hybridized carbons (Fsp3) is 0.125. The van der Waals surface area contributed by atoms with Crippen molar-refractivity contribution in [2.24, 2.45) is 5.73 Å². The molecule has 1 aliphatic heterocycles. The highest BCUT2D eigenvalue weighted by Crippen LogP contribution is 2.47. The summed E-state index contributed by atoms with van der Waals surface area (Å²) in [5.74, 6) is -0.830. The lowest BCUT2D eigenvalue weighted by Crippen LogP contribution is -2.47. The molecule has 0 saturated carbocycles. The largest absolute Gasteiger partial charge is 0.455 e. The topological polar surface area (TPSA) is 148 Å². The molecule has 1 atom stereocenters. The molecule has 0 aromatic heterocycles. The number of para-hydroxylation sites is 1. The maximum atomic E-state index is 12.6. The predicted molar refractivity (Wildman–Crippen MR) is 94.9 cm³/mol. The Balaban J connectivity index is 1.88. The SMILES string of the molecule is NC(=O)C[C@H](NS(=O)(=O)c1ccc2c(c1)Sc1ccccc1O2)C(=O)NO. The number of sulfonamides is 1. The van der Waals surface area contributed by atoms with Gasteiger partial charge in [0.25, 0.3) is 5.91 Å². The van der Waals surface area contributed by atoms with Gasteiger partial charge < -0.3 is 10.5 Å². The van der Waals surface area contributed by atoms with E-state index in [0.717, 1.165) is 4.90 Å². The number of carbonyl (C=O) groups excluding carboxylic acids is 2. The molecule has 0 aliphatic carbocycles. The van der Waals surface area contributed by atoms with E-state index in [2.05, 4.69) is 4.72 Å². The average molecular weight is 409 g/mol. The molecular weight excluding hydrogens is 394 g/mol. The van der Waals surface area contributed by atoms with Crippen molar-refractivity contribution < 1.29 is 28.0 Å². The van der Waals surface area contributed by atoms with Gasteiger partial charge in [-0.15, -0.1) is 0 Å². The summed E-state index contributed by atoms with van der Waals surface area (Å²) in [4.78, 5) is 24.0. The van der Waals surface area contributed by atoms with Crippen LogP contribution in [0.25, 0.3) is 0 Å². The molecule has 0 radical (unpaired) electrons. The number of ether oxygens (including phenoxy) is 1. The quantitative estimate of drug-likeness (QED) is 0.350. The lowest BCUT2D eigenvalue weighted by atomic mass is 10.2.